The Morgan fingerprint density at radius 3 is 2.57 bits per heavy atom. The highest BCUT2D eigenvalue weighted by molar-refractivity contribution is 7.91. The summed E-state index contributed by atoms with van der Waals surface area (Å²) >= 11 is 0. The number of nitrogens with zero attached hydrogens (tertiary/aromatic N) is 2. The molecule has 0 N–H and O–H groups in total. The third-order valence-corrected chi connectivity index (χ3v) is 7.39. The smallest absolute Gasteiger partial charge is 0.261 e. The van der Waals surface area contributed by atoms with Crippen LogP contribution in [0.4, 0.5) is 0 Å². The minimum absolute atomic E-state index is 0.103. The normalized spacial score (nSPS) is 14.3. The Balaban J connectivity index is 1.64. The van der Waals surface area contributed by atoms with Gasteiger partial charge in [-0.15, -0.1) is 0 Å². The van der Waals surface area contributed by atoms with Gasteiger partial charge in [0.1, 0.15) is 11.5 Å². The average Bonchev–Trinajstić information content (AvgIpc) is 3.52. The first kappa shape index (κ1) is 18.7. The third kappa shape index (κ3) is 3.23. The first-order chi connectivity index (χ1) is 14.4. The molecule has 30 heavy (non-hydrogen) atoms. The van der Waals surface area contributed by atoms with E-state index in [9.17, 15) is 13.2 Å². The number of hydrogen-bond acceptors (Lipinski definition) is 7. The molecule has 2 aromatic carbocycles. The molecule has 0 unspecified atom stereocenters. The zero-order valence-corrected chi connectivity index (χ0v) is 17.0. The van der Waals surface area contributed by atoms with Crippen LogP contribution in [0.3, 0.4) is 0 Å². The predicted octanol–water partition coefficient (Wildman–Crippen LogP) is 3.90. The van der Waals surface area contributed by atoms with Crippen LogP contribution in [0.25, 0.3) is 33.7 Å². The summed E-state index contributed by atoms with van der Waals surface area (Å²) in [4.78, 5) is 17.2. The van der Waals surface area contributed by atoms with Gasteiger partial charge in [0.15, 0.2) is 26.7 Å². The van der Waals surface area contributed by atoms with E-state index in [1.807, 2.05) is 30.3 Å². The molecular weight excluding hydrogens is 404 g/mol. The zero-order chi connectivity index (χ0) is 20.9. The summed E-state index contributed by atoms with van der Waals surface area (Å²) in [5.74, 6) is 0.431. The van der Waals surface area contributed by atoms with Gasteiger partial charge >= 0.3 is 0 Å². The number of fused-ring (bicyclic) bond motifs is 1. The average molecular weight is 422 g/mol. The minimum Gasteiger partial charge on any atom is -0.455 e. The van der Waals surface area contributed by atoms with Gasteiger partial charge in [-0.1, -0.05) is 41.6 Å². The second-order valence-corrected chi connectivity index (χ2v) is 9.74. The van der Waals surface area contributed by atoms with Crippen molar-refractivity contribution in [3.8, 4) is 22.8 Å². The quantitative estimate of drug-likeness (QED) is 0.480. The van der Waals surface area contributed by atoms with E-state index in [1.54, 1.807) is 25.1 Å². The van der Waals surface area contributed by atoms with Gasteiger partial charge in [0.25, 0.3) is 5.89 Å². The molecule has 7 nitrogen and oxygen atoms in total. The Kier molecular flexibility index (Phi) is 4.32. The summed E-state index contributed by atoms with van der Waals surface area (Å²) in [7, 11) is -3.27. The maximum Gasteiger partial charge on any atom is 0.261 e. The lowest BCUT2D eigenvalue weighted by atomic mass is 10.0. The van der Waals surface area contributed by atoms with Crippen molar-refractivity contribution in [2.45, 2.75) is 30.8 Å². The SMILES string of the molecule is Cc1c(-c2ccccc2)oc2c(-c3nc(CS(=O)(=O)C4CC4)no3)cccc2c1=O. The van der Waals surface area contributed by atoms with E-state index < -0.39 is 9.84 Å². The first-order valence-corrected chi connectivity index (χ1v) is 11.3. The van der Waals surface area contributed by atoms with Gasteiger partial charge in [0.2, 0.25) is 0 Å². The fourth-order valence-corrected chi connectivity index (χ4v) is 5.06. The van der Waals surface area contributed by atoms with E-state index >= 15 is 0 Å². The van der Waals surface area contributed by atoms with Gasteiger partial charge in [-0.25, -0.2) is 8.42 Å². The number of rotatable bonds is 5. The Morgan fingerprint density at radius 1 is 1.07 bits per heavy atom. The van der Waals surface area contributed by atoms with Crippen LogP contribution in [0, 0.1) is 6.92 Å². The van der Waals surface area contributed by atoms with E-state index in [-0.39, 0.29) is 28.1 Å². The summed E-state index contributed by atoms with van der Waals surface area (Å²) in [6.45, 7) is 1.73. The largest absolute Gasteiger partial charge is 0.455 e. The zero-order valence-electron chi connectivity index (χ0n) is 16.2. The topological polar surface area (TPSA) is 103 Å². The van der Waals surface area contributed by atoms with E-state index in [4.69, 9.17) is 8.94 Å². The molecule has 2 heterocycles. The van der Waals surface area contributed by atoms with Crippen molar-refractivity contribution in [3.63, 3.8) is 0 Å². The maximum absolute atomic E-state index is 13.0. The molecule has 0 atom stereocenters. The minimum atomic E-state index is -3.27. The van der Waals surface area contributed by atoms with Crippen molar-refractivity contribution in [3.05, 3.63) is 70.1 Å². The molecule has 5 rings (SSSR count). The van der Waals surface area contributed by atoms with Gasteiger partial charge in [0.05, 0.1) is 16.2 Å². The van der Waals surface area contributed by atoms with Crippen LogP contribution in [0.15, 0.2) is 62.3 Å². The number of benzene rings is 2. The summed E-state index contributed by atoms with van der Waals surface area (Å²) in [5, 5.41) is 3.93. The summed E-state index contributed by atoms with van der Waals surface area (Å²) in [6, 6.07) is 14.5. The van der Waals surface area contributed by atoms with Gasteiger partial charge in [-0.3, -0.25) is 4.79 Å². The fourth-order valence-electron chi connectivity index (χ4n) is 3.49. The van der Waals surface area contributed by atoms with Crippen LogP contribution in [-0.4, -0.2) is 23.8 Å². The van der Waals surface area contributed by atoms with Crippen molar-refractivity contribution in [1.29, 1.82) is 0 Å². The molecule has 1 aliphatic rings. The standard InChI is InChI=1S/C22H18N2O5S/c1-13-19(25)16-8-5-9-17(21(16)28-20(13)14-6-3-2-4-7-14)22-23-18(24-29-22)12-30(26,27)15-10-11-15/h2-9,15H,10-12H2,1H3. The monoisotopic (exact) mass is 422 g/mol. The Labute approximate surface area is 172 Å². The van der Waals surface area contributed by atoms with Crippen molar-refractivity contribution in [1.82, 2.24) is 10.1 Å². The number of hydrogen-bond donors (Lipinski definition) is 0. The van der Waals surface area contributed by atoms with Crippen LogP contribution in [-0.2, 0) is 15.6 Å². The highest BCUT2D eigenvalue weighted by Gasteiger charge is 2.36. The molecule has 4 aromatic rings. The van der Waals surface area contributed by atoms with E-state index in [0.29, 0.717) is 40.7 Å². The van der Waals surface area contributed by atoms with E-state index in [0.717, 1.165) is 5.56 Å². The molecule has 0 spiro atoms. The molecule has 0 saturated heterocycles. The predicted molar refractivity (Wildman–Crippen MR) is 112 cm³/mol. The molecule has 0 bridgehead atoms. The van der Waals surface area contributed by atoms with Crippen LogP contribution in [0.2, 0.25) is 0 Å². The second-order valence-electron chi connectivity index (χ2n) is 7.46. The molecule has 0 radical (unpaired) electrons. The van der Waals surface area contributed by atoms with Crippen LogP contribution >= 0.6 is 0 Å². The lowest BCUT2D eigenvalue weighted by Gasteiger charge is -2.08. The Morgan fingerprint density at radius 2 is 1.83 bits per heavy atom. The molecule has 1 saturated carbocycles. The fraction of sp³-hybridized carbons (Fsp3) is 0.227. The summed E-state index contributed by atoms with van der Waals surface area (Å²) in [6.07, 6.45) is 1.37. The molecule has 8 heteroatoms. The van der Waals surface area contributed by atoms with Gasteiger partial charge in [-0.2, -0.15) is 4.98 Å². The molecule has 1 fully saturated rings. The highest BCUT2D eigenvalue weighted by Crippen LogP contribution is 2.33. The molecule has 152 valence electrons. The van der Waals surface area contributed by atoms with Crippen LogP contribution in [0.5, 0.6) is 0 Å². The van der Waals surface area contributed by atoms with Crippen molar-refractivity contribution in [2.24, 2.45) is 0 Å². The highest BCUT2D eigenvalue weighted by atomic mass is 32.2. The molecule has 0 amide bonds. The summed E-state index contributed by atoms with van der Waals surface area (Å²) in [5.41, 5.74) is 1.92. The van der Waals surface area contributed by atoms with Gasteiger partial charge in [0, 0.05) is 11.1 Å². The molecular formula is C22H18N2O5S. The number of para-hydroxylation sites is 1. The number of aromatic nitrogens is 2. The molecule has 1 aliphatic carbocycles. The second kappa shape index (κ2) is 6.91. The van der Waals surface area contributed by atoms with Crippen molar-refractivity contribution in [2.75, 3.05) is 0 Å². The summed E-state index contributed by atoms with van der Waals surface area (Å²) < 4.78 is 35.9. The number of sulfone groups is 1. The maximum atomic E-state index is 13.0. The molecule has 0 aliphatic heterocycles. The Hall–Kier alpha value is -3.26. The molecule has 2 aromatic heterocycles. The first-order valence-electron chi connectivity index (χ1n) is 9.60. The third-order valence-electron chi connectivity index (χ3n) is 5.24. The van der Waals surface area contributed by atoms with Crippen LogP contribution < -0.4 is 5.43 Å². The lowest BCUT2D eigenvalue weighted by molar-refractivity contribution is 0.424. The van der Waals surface area contributed by atoms with Gasteiger partial charge < -0.3 is 8.94 Å². The van der Waals surface area contributed by atoms with Crippen molar-refractivity contribution < 1.29 is 17.4 Å². The van der Waals surface area contributed by atoms with Gasteiger partial charge in [-0.05, 0) is 31.9 Å². The lowest BCUT2D eigenvalue weighted by Crippen LogP contribution is -2.10. The van der Waals surface area contributed by atoms with Crippen LogP contribution in [0.1, 0.15) is 24.2 Å². The van der Waals surface area contributed by atoms with E-state index in [1.165, 1.54) is 0 Å². The van der Waals surface area contributed by atoms with E-state index in [2.05, 4.69) is 10.1 Å². The van der Waals surface area contributed by atoms with Crippen molar-refractivity contribution >= 4 is 20.8 Å². The Bertz CT molecular complexity index is 1420.